The zero-order valence-corrected chi connectivity index (χ0v) is 35.7. The van der Waals surface area contributed by atoms with Crippen LogP contribution in [0.3, 0.4) is 0 Å². The molecule has 0 bridgehead atoms. The molecule has 0 aliphatic carbocycles. The van der Waals surface area contributed by atoms with Crippen LogP contribution in [0, 0.1) is 29.1 Å². The summed E-state index contributed by atoms with van der Waals surface area (Å²) >= 11 is -5.26. The number of hydrogen-bond donors (Lipinski definition) is 0. The number of benzene rings is 1. The quantitative estimate of drug-likeness (QED) is 0.0388. The number of rotatable bonds is 22. The van der Waals surface area contributed by atoms with Crippen LogP contribution in [0.1, 0.15) is 119 Å². The van der Waals surface area contributed by atoms with Crippen molar-refractivity contribution < 1.29 is 30.4 Å². The molecule has 0 fully saturated rings. The van der Waals surface area contributed by atoms with Gasteiger partial charge in [0, 0.05) is 0 Å². The molecular formula is C34H55F5O2S2Sn2. The topological polar surface area (TPSA) is 34.1 Å². The second-order valence-electron chi connectivity index (χ2n) is 12.9. The second-order valence-corrected chi connectivity index (χ2v) is 44.0. The van der Waals surface area contributed by atoms with Crippen molar-refractivity contribution in [3.63, 3.8) is 0 Å². The Morgan fingerprint density at radius 3 is 1.18 bits per heavy atom. The zero-order valence-electron chi connectivity index (χ0n) is 28.3. The Kier molecular flexibility index (Phi) is 17.7. The molecule has 0 spiro atoms. The van der Waals surface area contributed by atoms with Crippen molar-refractivity contribution in [2.75, 3.05) is 0 Å². The summed E-state index contributed by atoms with van der Waals surface area (Å²) in [5.41, 5.74) is 0. The maximum absolute atomic E-state index is 15.3. The second kappa shape index (κ2) is 19.3. The van der Waals surface area contributed by atoms with Gasteiger partial charge >= 0.3 is 284 Å². The van der Waals surface area contributed by atoms with Gasteiger partial charge in [-0.3, -0.25) is 0 Å². The summed E-state index contributed by atoms with van der Waals surface area (Å²) in [6.07, 6.45) is 11.9. The first kappa shape index (κ1) is 41.3. The third-order valence-corrected chi connectivity index (χ3v) is 49.6. The van der Waals surface area contributed by atoms with Gasteiger partial charge < -0.3 is 0 Å². The van der Waals surface area contributed by atoms with Crippen molar-refractivity contribution in [3.8, 4) is 0 Å². The number of thiophene rings is 1. The Morgan fingerprint density at radius 2 is 0.844 bits per heavy atom. The molecule has 0 aliphatic heterocycles. The van der Waals surface area contributed by atoms with Crippen LogP contribution >= 0.6 is 11.3 Å². The van der Waals surface area contributed by atoms with E-state index in [4.69, 9.17) is 0 Å². The maximum atomic E-state index is 15.3. The van der Waals surface area contributed by atoms with Crippen molar-refractivity contribution in [2.24, 2.45) is 0 Å². The normalized spacial score (nSPS) is 12.8. The van der Waals surface area contributed by atoms with E-state index in [0.29, 0.717) is 0 Å². The van der Waals surface area contributed by atoms with Crippen LogP contribution < -0.4 is 5.79 Å². The molecule has 0 atom stereocenters. The van der Waals surface area contributed by atoms with E-state index in [-0.39, 0.29) is 4.90 Å². The van der Waals surface area contributed by atoms with Crippen molar-refractivity contribution in [1.29, 1.82) is 0 Å². The first-order chi connectivity index (χ1) is 21.4. The molecule has 2 aromatic rings. The fourth-order valence-electron chi connectivity index (χ4n) is 6.69. The van der Waals surface area contributed by atoms with Gasteiger partial charge in [-0.05, 0) is 0 Å². The summed E-state index contributed by atoms with van der Waals surface area (Å²) in [7, 11) is -5.05. The Hall–Kier alpha value is 0.117. The molecule has 45 heavy (non-hydrogen) atoms. The van der Waals surface area contributed by atoms with Gasteiger partial charge in [0.15, 0.2) is 0 Å². The Balaban J connectivity index is 3.14. The molecule has 1 aromatic heterocycles. The molecule has 0 saturated carbocycles. The molecule has 11 heteroatoms. The number of sulfone groups is 1. The molecule has 1 aromatic carbocycles. The predicted molar refractivity (Wildman–Crippen MR) is 185 cm³/mol. The van der Waals surface area contributed by atoms with Crippen LogP contribution in [0.2, 0.25) is 26.6 Å². The van der Waals surface area contributed by atoms with E-state index >= 15 is 8.78 Å². The van der Waals surface area contributed by atoms with Gasteiger partial charge in [0.05, 0.1) is 0 Å². The van der Waals surface area contributed by atoms with Crippen LogP contribution in [0.5, 0.6) is 0 Å². The van der Waals surface area contributed by atoms with E-state index in [2.05, 4.69) is 41.5 Å². The number of unbranched alkanes of at least 4 members (excludes halogenated alkanes) is 6. The summed E-state index contributed by atoms with van der Waals surface area (Å²) in [4.78, 5) is -1.82. The predicted octanol–water partition coefficient (Wildman–Crippen LogP) is 11.4. The van der Waals surface area contributed by atoms with Gasteiger partial charge in [0.2, 0.25) is 0 Å². The minimum atomic E-state index is -5.05. The summed E-state index contributed by atoms with van der Waals surface area (Å²) in [6.45, 7) is 12.8. The molecule has 0 unspecified atom stereocenters. The van der Waals surface area contributed by atoms with E-state index in [9.17, 15) is 21.6 Å². The fourth-order valence-corrected chi connectivity index (χ4v) is 53.6. The van der Waals surface area contributed by atoms with E-state index in [0.717, 1.165) is 109 Å². The van der Waals surface area contributed by atoms with Gasteiger partial charge in [-0.15, -0.1) is 0 Å². The van der Waals surface area contributed by atoms with Crippen molar-refractivity contribution in [2.45, 2.75) is 155 Å². The van der Waals surface area contributed by atoms with E-state index in [1.807, 2.05) is 0 Å². The summed E-state index contributed by atoms with van der Waals surface area (Å²) in [5.74, 6) is -11.3. The van der Waals surface area contributed by atoms with Crippen LogP contribution in [-0.2, 0) is 9.84 Å². The molecule has 0 amide bonds. The molecule has 0 N–H and O–H groups in total. The number of hydrogen-bond acceptors (Lipinski definition) is 3. The van der Waals surface area contributed by atoms with Crippen molar-refractivity contribution >= 4 is 63.7 Å². The van der Waals surface area contributed by atoms with E-state index < -0.39 is 80.6 Å². The van der Waals surface area contributed by atoms with Gasteiger partial charge in [0.25, 0.3) is 0 Å². The van der Waals surface area contributed by atoms with Crippen molar-refractivity contribution in [1.82, 2.24) is 0 Å². The van der Waals surface area contributed by atoms with E-state index in [1.54, 1.807) is 17.4 Å². The first-order valence-electron chi connectivity index (χ1n) is 17.3. The standard InChI is InChI=1S/C10HF5O2S2.6C4H9.2Sn/c11-5-6(12)8(14)10(9(15)7(5)13)19(16,17)4-1-2-18-3-4;6*1-3-4-2;;/h1H;6*1,3-4H2,2H3;;. The molecule has 0 radical (unpaired) electrons. The monoisotopic (exact) mass is 894 g/mol. The fraction of sp³-hybridized carbons (Fsp3) is 0.706. The van der Waals surface area contributed by atoms with E-state index in [1.165, 1.54) is 0 Å². The third kappa shape index (κ3) is 9.64. The minimum absolute atomic E-state index is 0.129. The van der Waals surface area contributed by atoms with Gasteiger partial charge in [0.1, 0.15) is 0 Å². The van der Waals surface area contributed by atoms with Gasteiger partial charge in [-0.2, -0.15) is 0 Å². The number of halogens is 5. The summed E-state index contributed by atoms with van der Waals surface area (Å²) < 4.78 is 111. The Bertz CT molecular complexity index is 1260. The Morgan fingerprint density at radius 1 is 0.533 bits per heavy atom. The molecule has 0 saturated heterocycles. The molecule has 2 nitrogen and oxygen atoms in total. The molecular weight excluding hydrogens is 837 g/mol. The third-order valence-electron chi connectivity index (χ3n) is 9.48. The first-order valence-corrected chi connectivity index (χ1v) is 34.5. The molecule has 2 rings (SSSR count). The van der Waals surface area contributed by atoms with Crippen LogP contribution in [0.4, 0.5) is 22.0 Å². The molecule has 1 heterocycles. The molecule has 0 aliphatic rings. The average Bonchev–Trinajstić information content (AvgIpc) is 3.50. The average molecular weight is 892 g/mol. The summed E-state index contributed by atoms with van der Waals surface area (Å²) in [5, 5.41) is 0. The SMILES string of the molecule is CCC[CH2][Sn]([CH2]CCC)([CH2]CCC)[c]1cc(S(=O)(=O)c2c(F)c(F)c(F)c(F)c2F)[c]([Sn]([CH2]CCC)([CH2]CCC)[CH2]CCC)s1. The van der Waals surface area contributed by atoms with Crippen LogP contribution in [0.15, 0.2) is 15.9 Å². The van der Waals surface area contributed by atoms with Gasteiger partial charge in [-0.25, -0.2) is 0 Å². The Labute approximate surface area is 282 Å². The zero-order chi connectivity index (χ0) is 33.8. The van der Waals surface area contributed by atoms with Crippen molar-refractivity contribution in [3.05, 3.63) is 35.2 Å². The van der Waals surface area contributed by atoms with Gasteiger partial charge in [-0.1, -0.05) is 0 Å². The summed E-state index contributed by atoms with van der Waals surface area (Å²) in [6, 6.07) is 1.72. The van der Waals surface area contributed by atoms with Crippen LogP contribution in [-0.4, -0.2) is 45.2 Å². The van der Waals surface area contributed by atoms with Crippen LogP contribution in [0.25, 0.3) is 0 Å². The molecule has 258 valence electrons.